The number of allylic oxidation sites excluding steroid dienone is 1. The van der Waals surface area contributed by atoms with Gasteiger partial charge in [-0.05, 0) is 108 Å². The summed E-state index contributed by atoms with van der Waals surface area (Å²) in [4.78, 5) is 37.8. The number of fused-ring (bicyclic) bond motifs is 1. The van der Waals surface area contributed by atoms with E-state index in [1.165, 1.54) is 12.1 Å². The lowest BCUT2D eigenvalue weighted by molar-refractivity contribution is -0.177. The second kappa shape index (κ2) is 16.5. The molecule has 0 saturated carbocycles. The third-order valence-corrected chi connectivity index (χ3v) is 8.58. The van der Waals surface area contributed by atoms with E-state index in [-0.39, 0.29) is 24.1 Å². The van der Waals surface area contributed by atoms with Crippen LogP contribution in [0.4, 0.5) is 4.39 Å². The highest BCUT2D eigenvalue weighted by atomic mass is 19.1. The third kappa shape index (κ3) is 9.19. The van der Waals surface area contributed by atoms with E-state index in [4.69, 9.17) is 14.2 Å². The molecule has 0 saturated heterocycles. The van der Waals surface area contributed by atoms with Gasteiger partial charge in [0.1, 0.15) is 11.6 Å². The monoisotopic (exact) mass is 689 g/mol. The second-order valence-corrected chi connectivity index (χ2v) is 13.3. The van der Waals surface area contributed by atoms with Gasteiger partial charge < -0.3 is 18.8 Å². The van der Waals surface area contributed by atoms with Crippen molar-refractivity contribution >= 4 is 34.7 Å². The van der Waals surface area contributed by atoms with Crippen LogP contribution < -0.4 is 4.74 Å². The molecule has 0 bridgehead atoms. The fourth-order valence-corrected chi connectivity index (χ4v) is 5.93. The summed E-state index contributed by atoms with van der Waals surface area (Å²) in [6, 6.07) is 28.9. The Morgan fingerprint density at radius 3 is 2.14 bits per heavy atom. The van der Waals surface area contributed by atoms with E-state index in [1.807, 2.05) is 43.3 Å². The highest BCUT2D eigenvalue weighted by Gasteiger charge is 2.32. The molecule has 8 heteroatoms. The van der Waals surface area contributed by atoms with E-state index < -0.39 is 24.3 Å². The molecule has 51 heavy (non-hydrogen) atoms. The summed E-state index contributed by atoms with van der Waals surface area (Å²) in [6.07, 6.45) is 6.51. The van der Waals surface area contributed by atoms with Gasteiger partial charge in [-0.2, -0.15) is 0 Å². The summed E-state index contributed by atoms with van der Waals surface area (Å²) in [7, 11) is 0. The number of nitrogens with zero attached hydrogens (tertiary/aromatic N) is 1. The molecule has 4 aromatic carbocycles. The number of aromatic nitrogens is 1. The van der Waals surface area contributed by atoms with Gasteiger partial charge in [-0.3, -0.25) is 9.59 Å². The number of carbonyl (C=O) groups excluding carboxylic acids is 3. The Hall–Kier alpha value is -5.50. The van der Waals surface area contributed by atoms with Gasteiger partial charge in [-0.25, -0.2) is 9.18 Å². The summed E-state index contributed by atoms with van der Waals surface area (Å²) in [5.41, 5.74) is 4.98. The van der Waals surface area contributed by atoms with Gasteiger partial charge in [0, 0.05) is 45.7 Å². The molecule has 1 aromatic heterocycles. The van der Waals surface area contributed by atoms with Gasteiger partial charge in [0.05, 0.1) is 0 Å². The molecule has 0 radical (unpaired) electrons. The molecule has 0 aliphatic rings. The van der Waals surface area contributed by atoms with Crippen molar-refractivity contribution in [2.24, 2.45) is 0 Å². The highest BCUT2D eigenvalue weighted by Crippen LogP contribution is 2.38. The molecule has 0 aliphatic carbocycles. The summed E-state index contributed by atoms with van der Waals surface area (Å²) >= 11 is 0. The molecule has 264 valence electrons. The maximum atomic E-state index is 13.7. The van der Waals surface area contributed by atoms with Gasteiger partial charge in [-0.1, -0.05) is 66.2 Å². The second-order valence-electron chi connectivity index (χ2n) is 13.3. The normalized spacial score (nSPS) is 11.7. The number of hydrogen-bond acceptors (Lipinski definition) is 6. The lowest BCUT2D eigenvalue weighted by atomic mass is 10.0. The molecule has 0 atom stereocenters. The van der Waals surface area contributed by atoms with E-state index in [0.717, 1.165) is 46.1 Å². The van der Waals surface area contributed by atoms with Crippen LogP contribution in [-0.4, -0.2) is 34.7 Å². The number of aryl methyl sites for hydroxylation is 1. The Morgan fingerprint density at radius 1 is 0.824 bits per heavy atom. The number of ketones is 1. The lowest BCUT2D eigenvalue weighted by Crippen LogP contribution is -2.40. The Labute approximate surface area is 298 Å². The van der Waals surface area contributed by atoms with E-state index >= 15 is 0 Å². The molecule has 0 unspecified atom stereocenters. The topological polar surface area (TPSA) is 83.8 Å². The first-order chi connectivity index (χ1) is 24.4. The smallest absolute Gasteiger partial charge is 0.352 e. The van der Waals surface area contributed by atoms with Crippen LogP contribution in [0, 0.1) is 12.7 Å². The van der Waals surface area contributed by atoms with Crippen molar-refractivity contribution in [1.29, 1.82) is 0 Å². The number of para-hydroxylation sites is 1. The highest BCUT2D eigenvalue weighted by molar-refractivity contribution is 6.09. The molecule has 0 aliphatic heterocycles. The van der Waals surface area contributed by atoms with Crippen LogP contribution in [0.3, 0.4) is 0 Å². The van der Waals surface area contributed by atoms with Crippen LogP contribution in [0.5, 0.6) is 5.75 Å². The van der Waals surface area contributed by atoms with Crippen LogP contribution in [0.25, 0.3) is 28.1 Å². The van der Waals surface area contributed by atoms with Gasteiger partial charge >= 0.3 is 11.9 Å². The molecule has 0 amide bonds. The third-order valence-electron chi connectivity index (χ3n) is 8.58. The molecule has 5 aromatic rings. The maximum Gasteiger partial charge on any atom is 0.352 e. The predicted molar refractivity (Wildman–Crippen MR) is 198 cm³/mol. The van der Waals surface area contributed by atoms with Crippen LogP contribution in [0.1, 0.15) is 86.6 Å². The lowest BCUT2D eigenvalue weighted by Gasteiger charge is -2.24. The number of carbonyl (C=O) groups is 3. The van der Waals surface area contributed by atoms with Crippen molar-refractivity contribution in [3.8, 4) is 16.9 Å². The first-order valence-corrected chi connectivity index (χ1v) is 17.2. The first-order valence-electron chi connectivity index (χ1n) is 17.2. The van der Waals surface area contributed by atoms with Crippen molar-refractivity contribution in [1.82, 2.24) is 4.57 Å². The zero-order valence-corrected chi connectivity index (χ0v) is 29.8. The number of hydrogen-bond donors (Lipinski definition) is 0. The Balaban J connectivity index is 1.07. The van der Waals surface area contributed by atoms with Crippen LogP contribution in [-0.2, 0) is 19.1 Å². The summed E-state index contributed by atoms with van der Waals surface area (Å²) in [5.74, 6) is -1.15. The number of ether oxygens (including phenoxy) is 3. The summed E-state index contributed by atoms with van der Waals surface area (Å²) in [6.45, 7) is 8.85. The number of benzene rings is 4. The van der Waals surface area contributed by atoms with E-state index in [1.54, 1.807) is 50.2 Å². The molecule has 0 fully saturated rings. The molecular formula is C43H44FNO6. The number of unbranched alkanes of at least 4 members (excludes halogenated alkanes) is 2. The van der Waals surface area contributed by atoms with Crippen LogP contribution in [0.15, 0.2) is 103 Å². The van der Waals surface area contributed by atoms with Crippen molar-refractivity contribution in [2.75, 3.05) is 6.79 Å². The maximum absolute atomic E-state index is 13.7. The van der Waals surface area contributed by atoms with E-state index in [0.29, 0.717) is 23.3 Å². The molecule has 1 heterocycles. The number of rotatable bonds is 15. The predicted octanol–water partition coefficient (Wildman–Crippen LogP) is 10.0. The van der Waals surface area contributed by atoms with Crippen molar-refractivity contribution in [2.45, 2.75) is 71.9 Å². The summed E-state index contributed by atoms with van der Waals surface area (Å²) < 4.78 is 32.2. The van der Waals surface area contributed by atoms with E-state index in [2.05, 4.69) is 42.7 Å². The molecular weight excluding hydrogens is 645 g/mol. The van der Waals surface area contributed by atoms with E-state index in [9.17, 15) is 18.8 Å². The largest absolute Gasteiger partial charge is 0.476 e. The Kier molecular flexibility index (Phi) is 11.9. The van der Waals surface area contributed by atoms with Crippen LogP contribution in [0.2, 0.25) is 0 Å². The molecule has 7 nitrogen and oxygen atoms in total. The van der Waals surface area contributed by atoms with Gasteiger partial charge in [0.15, 0.2) is 11.4 Å². The van der Waals surface area contributed by atoms with Gasteiger partial charge in [-0.15, -0.1) is 0 Å². The average Bonchev–Trinajstić information content (AvgIpc) is 3.44. The molecule has 0 spiro atoms. The van der Waals surface area contributed by atoms with Crippen LogP contribution >= 0.6 is 0 Å². The zero-order valence-electron chi connectivity index (χ0n) is 29.8. The zero-order chi connectivity index (χ0) is 36.5. The molecule has 5 rings (SSSR count). The minimum Gasteiger partial charge on any atom is -0.476 e. The minimum absolute atomic E-state index is 0.110. The first kappa shape index (κ1) is 36.8. The van der Waals surface area contributed by atoms with Crippen molar-refractivity contribution in [3.63, 3.8) is 0 Å². The fourth-order valence-electron chi connectivity index (χ4n) is 5.93. The van der Waals surface area contributed by atoms with Gasteiger partial charge in [0.2, 0.25) is 6.79 Å². The quantitative estimate of drug-likeness (QED) is 0.0471. The Morgan fingerprint density at radius 2 is 1.47 bits per heavy atom. The van der Waals surface area contributed by atoms with Crippen molar-refractivity contribution < 1.29 is 33.0 Å². The number of esters is 2. The summed E-state index contributed by atoms with van der Waals surface area (Å²) in [5, 5.41) is 1.11. The number of halogens is 1. The van der Waals surface area contributed by atoms with Gasteiger partial charge in [0.25, 0.3) is 0 Å². The SMILES string of the molecule is Cc1ccc(C(=O)c2ccc(OC(C)(C)C(=O)OCOC(=O)CCCC/C=C/c3c(-c4ccc(F)cc4)c4ccccc4n3C(C)C)cc2)cc1. The molecule has 0 N–H and O–H groups in total. The van der Waals surface area contributed by atoms with Crippen molar-refractivity contribution in [3.05, 3.63) is 131 Å². The Bertz CT molecular complexity index is 2010. The average molecular weight is 690 g/mol. The standard InChI is InChI=1S/C43H44FNO6/c1-29(2)45-37-13-11-10-12-36(37)40(31-20-24-34(44)25-21-31)38(45)14-8-6-7-9-15-39(46)49-28-50-42(48)43(4,5)51-35-26-22-33(23-27-35)41(47)32-18-16-30(3)17-19-32/h8,10-14,16-27,29H,6-7,9,15,28H2,1-5H3/b14-8+. The fraction of sp³-hybridized carbons (Fsp3) is 0.279. The minimum atomic E-state index is -1.36.